The van der Waals surface area contributed by atoms with Crippen LogP contribution in [0, 0.1) is 10.1 Å². The monoisotopic (exact) mass is 336 g/mol. The maximum Gasteiger partial charge on any atom is 0.311 e. The van der Waals surface area contributed by atoms with E-state index >= 15 is 0 Å². The number of anilines is 1. The molecule has 0 aliphatic rings. The third kappa shape index (κ3) is 3.14. The fraction of sp³-hybridized carbons (Fsp3) is 0.105. The van der Waals surface area contributed by atoms with E-state index in [1.54, 1.807) is 7.05 Å². The second-order valence-electron chi connectivity index (χ2n) is 5.54. The highest BCUT2D eigenvalue weighted by molar-refractivity contribution is 6.07. The number of amides is 1. The van der Waals surface area contributed by atoms with Crippen LogP contribution in [0.1, 0.15) is 10.4 Å². The summed E-state index contributed by atoms with van der Waals surface area (Å²) in [5.41, 5.74) is 0.700. The van der Waals surface area contributed by atoms with Crippen LogP contribution >= 0.6 is 0 Å². The molecule has 0 aromatic heterocycles. The molecule has 0 spiro atoms. The molecule has 3 aromatic carbocycles. The van der Waals surface area contributed by atoms with Crippen molar-refractivity contribution >= 4 is 28.1 Å². The Morgan fingerprint density at radius 3 is 2.44 bits per heavy atom. The first-order chi connectivity index (χ1) is 12.0. The number of nitrogens with zero attached hydrogens (tertiary/aromatic N) is 2. The Balaban J connectivity index is 1.96. The molecule has 0 radical (unpaired) electrons. The van der Waals surface area contributed by atoms with Gasteiger partial charge in [-0.25, -0.2) is 0 Å². The summed E-state index contributed by atoms with van der Waals surface area (Å²) in [6.45, 7) is 0. The number of carbonyl (C=O) groups is 1. The fourth-order valence-corrected chi connectivity index (χ4v) is 2.66. The lowest BCUT2D eigenvalue weighted by Crippen LogP contribution is -2.26. The molecule has 0 N–H and O–H groups in total. The Bertz CT molecular complexity index is 969. The van der Waals surface area contributed by atoms with Gasteiger partial charge in [0.15, 0.2) is 5.75 Å². The van der Waals surface area contributed by atoms with Gasteiger partial charge in [0.05, 0.1) is 12.0 Å². The Morgan fingerprint density at radius 1 is 1.04 bits per heavy atom. The van der Waals surface area contributed by atoms with E-state index in [1.165, 1.54) is 30.2 Å². The van der Waals surface area contributed by atoms with Crippen LogP contribution in [0.15, 0.2) is 60.7 Å². The molecule has 1 amide bonds. The molecule has 0 bridgehead atoms. The summed E-state index contributed by atoms with van der Waals surface area (Å²) in [6, 6.07) is 17.7. The first kappa shape index (κ1) is 16.4. The predicted molar refractivity (Wildman–Crippen MR) is 96.3 cm³/mol. The normalized spacial score (nSPS) is 10.5. The summed E-state index contributed by atoms with van der Waals surface area (Å²) in [7, 11) is 2.99. The van der Waals surface area contributed by atoms with Crippen molar-refractivity contribution in [2.45, 2.75) is 0 Å². The smallest absolute Gasteiger partial charge is 0.311 e. The molecule has 0 atom stereocenters. The molecule has 126 valence electrons. The standard InChI is InChI=1S/C19H16N2O4/c1-20(16-9-7-13-5-3-4-6-14(13)11-16)19(22)15-8-10-18(25-2)17(12-15)21(23)24/h3-12H,1-2H3. The van der Waals surface area contributed by atoms with E-state index in [-0.39, 0.29) is 22.9 Å². The van der Waals surface area contributed by atoms with E-state index in [4.69, 9.17) is 4.74 Å². The van der Waals surface area contributed by atoms with Gasteiger partial charge in [-0.15, -0.1) is 0 Å². The maximum atomic E-state index is 12.7. The topological polar surface area (TPSA) is 72.7 Å². The van der Waals surface area contributed by atoms with Crippen LogP contribution in [0.5, 0.6) is 5.75 Å². The lowest BCUT2D eigenvalue weighted by molar-refractivity contribution is -0.385. The Kier molecular flexibility index (Phi) is 4.35. The molecule has 6 nitrogen and oxygen atoms in total. The van der Waals surface area contributed by atoms with Crippen molar-refractivity contribution in [1.29, 1.82) is 0 Å². The van der Waals surface area contributed by atoms with Crippen molar-refractivity contribution in [3.05, 3.63) is 76.3 Å². The van der Waals surface area contributed by atoms with Crippen molar-refractivity contribution in [2.75, 3.05) is 19.1 Å². The Hall–Kier alpha value is -3.41. The predicted octanol–water partition coefficient (Wildman–Crippen LogP) is 4.03. The van der Waals surface area contributed by atoms with Gasteiger partial charge in [0.1, 0.15) is 0 Å². The number of hydrogen-bond acceptors (Lipinski definition) is 4. The zero-order valence-corrected chi connectivity index (χ0v) is 13.8. The average Bonchev–Trinajstić information content (AvgIpc) is 2.65. The largest absolute Gasteiger partial charge is 0.490 e. The average molecular weight is 336 g/mol. The molecular formula is C19H16N2O4. The van der Waals surface area contributed by atoms with Crippen LogP contribution in [-0.4, -0.2) is 25.0 Å². The van der Waals surface area contributed by atoms with Crippen molar-refractivity contribution in [2.24, 2.45) is 0 Å². The molecule has 0 fully saturated rings. The molecule has 0 aliphatic carbocycles. The summed E-state index contributed by atoms with van der Waals surface area (Å²) < 4.78 is 4.97. The highest BCUT2D eigenvalue weighted by Gasteiger charge is 2.20. The van der Waals surface area contributed by atoms with Gasteiger partial charge in [-0.1, -0.05) is 30.3 Å². The summed E-state index contributed by atoms with van der Waals surface area (Å²) >= 11 is 0. The zero-order valence-electron chi connectivity index (χ0n) is 13.8. The molecule has 0 aliphatic heterocycles. The molecule has 0 saturated heterocycles. The maximum absolute atomic E-state index is 12.7. The first-order valence-electron chi connectivity index (χ1n) is 7.60. The number of ether oxygens (including phenoxy) is 1. The first-order valence-corrected chi connectivity index (χ1v) is 7.60. The summed E-state index contributed by atoms with van der Waals surface area (Å²) in [4.78, 5) is 24.8. The van der Waals surface area contributed by atoms with Gasteiger partial charge in [-0.05, 0) is 35.0 Å². The van der Waals surface area contributed by atoms with Gasteiger partial charge in [-0.2, -0.15) is 0 Å². The Labute approximate surface area is 144 Å². The lowest BCUT2D eigenvalue weighted by atomic mass is 10.1. The molecule has 3 aromatic rings. The minimum atomic E-state index is -0.564. The van der Waals surface area contributed by atoms with Gasteiger partial charge < -0.3 is 9.64 Å². The van der Waals surface area contributed by atoms with Gasteiger partial charge in [0.2, 0.25) is 0 Å². The van der Waals surface area contributed by atoms with Crippen molar-refractivity contribution in [1.82, 2.24) is 0 Å². The van der Waals surface area contributed by atoms with Gasteiger partial charge in [0.25, 0.3) is 5.91 Å². The van der Waals surface area contributed by atoms with Crippen LogP contribution < -0.4 is 9.64 Å². The molecule has 3 rings (SSSR count). The highest BCUT2D eigenvalue weighted by Crippen LogP contribution is 2.29. The van der Waals surface area contributed by atoms with Crippen molar-refractivity contribution in [3.63, 3.8) is 0 Å². The van der Waals surface area contributed by atoms with Gasteiger partial charge >= 0.3 is 5.69 Å². The molecule has 0 heterocycles. The SMILES string of the molecule is COc1ccc(C(=O)N(C)c2ccc3ccccc3c2)cc1[N+](=O)[O-]. The second-order valence-corrected chi connectivity index (χ2v) is 5.54. The van der Waals surface area contributed by atoms with Crippen LogP contribution in [0.25, 0.3) is 10.8 Å². The number of benzene rings is 3. The third-order valence-electron chi connectivity index (χ3n) is 4.05. The van der Waals surface area contributed by atoms with E-state index in [0.29, 0.717) is 5.69 Å². The highest BCUT2D eigenvalue weighted by atomic mass is 16.6. The number of methoxy groups -OCH3 is 1. The number of nitro benzene ring substituents is 1. The minimum absolute atomic E-state index is 0.120. The Morgan fingerprint density at radius 2 is 1.76 bits per heavy atom. The lowest BCUT2D eigenvalue weighted by Gasteiger charge is -2.18. The van der Waals surface area contributed by atoms with Crippen LogP contribution in [0.4, 0.5) is 11.4 Å². The van der Waals surface area contributed by atoms with Crippen LogP contribution in [0.2, 0.25) is 0 Å². The number of hydrogen-bond donors (Lipinski definition) is 0. The summed E-state index contributed by atoms with van der Waals surface area (Å²) in [5.74, 6) is -0.212. The summed E-state index contributed by atoms with van der Waals surface area (Å²) in [6.07, 6.45) is 0. The third-order valence-corrected chi connectivity index (χ3v) is 4.05. The van der Waals surface area contributed by atoms with E-state index in [0.717, 1.165) is 10.8 Å². The molecular weight excluding hydrogens is 320 g/mol. The summed E-state index contributed by atoms with van der Waals surface area (Å²) in [5, 5.41) is 13.2. The molecule has 6 heteroatoms. The molecule has 0 unspecified atom stereocenters. The van der Waals surface area contributed by atoms with Crippen LogP contribution in [0.3, 0.4) is 0 Å². The number of rotatable bonds is 4. The number of fused-ring (bicyclic) bond motifs is 1. The van der Waals surface area contributed by atoms with E-state index in [2.05, 4.69) is 0 Å². The second kappa shape index (κ2) is 6.60. The van der Waals surface area contributed by atoms with E-state index < -0.39 is 4.92 Å². The quantitative estimate of drug-likeness (QED) is 0.532. The zero-order chi connectivity index (χ0) is 18.0. The van der Waals surface area contributed by atoms with Gasteiger partial charge in [0, 0.05) is 24.4 Å². The number of nitro groups is 1. The van der Waals surface area contributed by atoms with E-state index in [9.17, 15) is 14.9 Å². The van der Waals surface area contributed by atoms with Gasteiger partial charge in [-0.3, -0.25) is 14.9 Å². The van der Waals surface area contributed by atoms with Crippen molar-refractivity contribution < 1.29 is 14.5 Å². The fourth-order valence-electron chi connectivity index (χ4n) is 2.66. The molecule has 25 heavy (non-hydrogen) atoms. The van der Waals surface area contributed by atoms with Crippen LogP contribution in [-0.2, 0) is 0 Å². The van der Waals surface area contributed by atoms with Crippen molar-refractivity contribution in [3.8, 4) is 5.75 Å². The number of carbonyl (C=O) groups excluding carboxylic acids is 1. The van der Waals surface area contributed by atoms with E-state index in [1.807, 2.05) is 42.5 Å². The molecule has 0 saturated carbocycles. The minimum Gasteiger partial charge on any atom is -0.490 e.